The lowest BCUT2D eigenvalue weighted by molar-refractivity contribution is 0.475. The van der Waals surface area contributed by atoms with Crippen molar-refractivity contribution in [2.24, 2.45) is 0 Å². The lowest BCUT2D eigenvalue weighted by Crippen LogP contribution is -2.09. The van der Waals surface area contributed by atoms with E-state index in [2.05, 4.69) is 9.97 Å². The minimum Gasteiger partial charge on any atom is -0.508 e. The van der Waals surface area contributed by atoms with Crippen molar-refractivity contribution >= 4 is 10.9 Å². The highest BCUT2D eigenvalue weighted by Gasteiger charge is 2.06. The van der Waals surface area contributed by atoms with E-state index in [0.717, 1.165) is 6.07 Å². The van der Waals surface area contributed by atoms with Crippen molar-refractivity contribution < 1.29 is 9.50 Å². The maximum absolute atomic E-state index is 13.1. The minimum atomic E-state index is -0.475. The Morgan fingerprint density at radius 1 is 1.11 bits per heavy atom. The number of halogens is 1. The summed E-state index contributed by atoms with van der Waals surface area (Å²) in [6.07, 6.45) is 0. The molecule has 5 heteroatoms. The van der Waals surface area contributed by atoms with E-state index in [9.17, 15) is 14.3 Å². The number of rotatable bonds is 1. The van der Waals surface area contributed by atoms with Gasteiger partial charge in [0, 0.05) is 5.56 Å². The normalized spacial score (nSPS) is 10.8. The number of benzene rings is 2. The van der Waals surface area contributed by atoms with Crippen LogP contribution in [0.2, 0.25) is 0 Å². The van der Waals surface area contributed by atoms with Crippen LogP contribution in [0.15, 0.2) is 47.3 Å². The molecule has 3 aromatic rings. The van der Waals surface area contributed by atoms with Crippen LogP contribution >= 0.6 is 0 Å². The van der Waals surface area contributed by atoms with E-state index >= 15 is 0 Å². The van der Waals surface area contributed by atoms with Crippen molar-refractivity contribution in [1.82, 2.24) is 9.97 Å². The van der Waals surface area contributed by atoms with E-state index in [1.807, 2.05) is 0 Å². The fraction of sp³-hybridized carbons (Fsp3) is 0. The van der Waals surface area contributed by atoms with Crippen LogP contribution in [0.25, 0.3) is 22.3 Å². The molecule has 2 aromatic carbocycles. The van der Waals surface area contributed by atoms with Gasteiger partial charge in [-0.1, -0.05) is 0 Å². The van der Waals surface area contributed by atoms with Crippen LogP contribution < -0.4 is 5.56 Å². The van der Waals surface area contributed by atoms with Crippen LogP contribution in [0.1, 0.15) is 0 Å². The monoisotopic (exact) mass is 256 g/mol. The van der Waals surface area contributed by atoms with E-state index in [4.69, 9.17) is 0 Å². The number of hydrogen-bond acceptors (Lipinski definition) is 3. The van der Waals surface area contributed by atoms with Crippen LogP contribution in [-0.4, -0.2) is 15.1 Å². The fourth-order valence-corrected chi connectivity index (χ4v) is 1.87. The molecule has 4 nitrogen and oxygen atoms in total. The maximum Gasteiger partial charge on any atom is 0.259 e. The molecule has 94 valence electrons. The first-order valence-corrected chi connectivity index (χ1v) is 5.62. The molecular formula is C14H9FN2O2. The molecule has 0 aliphatic heterocycles. The third kappa shape index (κ3) is 2.06. The first-order chi connectivity index (χ1) is 9.13. The van der Waals surface area contributed by atoms with Crippen LogP contribution in [0.4, 0.5) is 4.39 Å². The molecule has 1 aromatic heterocycles. The molecule has 0 radical (unpaired) electrons. The van der Waals surface area contributed by atoms with Gasteiger partial charge in [0.25, 0.3) is 5.56 Å². The summed E-state index contributed by atoms with van der Waals surface area (Å²) >= 11 is 0. The number of H-pyrrole nitrogens is 1. The number of hydrogen-bond donors (Lipinski definition) is 2. The van der Waals surface area contributed by atoms with Gasteiger partial charge in [-0.25, -0.2) is 9.37 Å². The Balaban J connectivity index is 2.24. The number of phenols is 1. The molecule has 2 N–H and O–H groups in total. The van der Waals surface area contributed by atoms with Crippen molar-refractivity contribution in [2.75, 3.05) is 0 Å². The van der Waals surface area contributed by atoms with Crippen LogP contribution in [0, 0.1) is 5.82 Å². The second-order valence-corrected chi connectivity index (χ2v) is 4.12. The molecule has 0 aliphatic carbocycles. The summed E-state index contributed by atoms with van der Waals surface area (Å²) in [7, 11) is 0. The summed E-state index contributed by atoms with van der Waals surface area (Å²) in [6.45, 7) is 0. The van der Waals surface area contributed by atoms with Gasteiger partial charge in [-0.2, -0.15) is 0 Å². The van der Waals surface area contributed by atoms with Crippen LogP contribution in [-0.2, 0) is 0 Å². The van der Waals surface area contributed by atoms with Gasteiger partial charge in [-0.15, -0.1) is 0 Å². The topological polar surface area (TPSA) is 66.0 Å². The molecule has 0 aliphatic rings. The van der Waals surface area contributed by atoms with Crippen molar-refractivity contribution in [3.63, 3.8) is 0 Å². The Labute approximate surface area is 107 Å². The number of aromatic amines is 1. The molecule has 0 amide bonds. The first-order valence-electron chi connectivity index (χ1n) is 5.62. The highest BCUT2D eigenvalue weighted by atomic mass is 19.1. The molecule has 0 saturated carbocycles. The predicted molar refractivity (Wildman–Crippen MR) is 69.4 cm³/mol. The Morgan fingerprint density at radius 2 is 1.84 bits per heavy atom. The molecule has 0 bridgehead atoms. The quantitative estimate of drug-likeness (QED) is 0.702. The molecule has 0 spiro atoms. The third-order valence-electron chi connectivity index (χ3n) is 2.81. The zero-order chi connectivity index (χ0) is 13.4. The van der Waals surface area contributed by atoms with Crippen LogP contribution in [0.5, 0.6) is 5.75 Å². The molecule has 0 unspecified atom stereocenters. The average molecular weight is 256 g/mol. The average Bonchev–Trinajstić information content (AvgIpc) is 2.40. The zero-order valence-corrected chi connectivity index (χ0v) is 9.72. The van der Waals surface area contributed by atoms with Crippen LogP contribution in [0.3, 0.4) is 0 Å². The maximum atomic E-state index is 13.1. The van der Waals surface area contributed by atoms with E-state index < -0.39 is 11.4 Å². The number of phenolic OH excluding ortho intramolecular Hbond substituents is 1. The zero-order valence-electron chi connectivity index (χ0n) is 9.72. The SMILES string of the molecule is O=c1[nH]c(-c2ccc(O)cc2)nc2ccc(F)cc12. The standard InChI is InChI=1S/C14H9FN2O2/c15-9-3-6-12-11(7-9)14(19)17-13(16-12)8-1-4-10(18)5-2-8/h1-7,18H,(H,16,17,19). The highest BCUT2D eigenvalue weighted by Crippen LogP contribution is 2.19. The van der Waals surface area contributed by atoms with E-state index in [-0.39, 0.29) is 11.1 Å². The molecule has 0 fully saturated rings. The molecule has 19 heavy (non-hydrogen) atoms. The smallest absolute Gasteiger partial charge is 0.259 e. The van der Waals surface area contributed by atoms with E-state index in [0.29, 0.717) is 16.9 Å². The number of fused-ring (bicyclic) bond motifs is 1. The lowest BCUT2D eigenvalue weighted by Gasteiger charge is -2.03. The van der Waals surface area contributed by atoms with Crippen molar-refractivity contribution in [3.8, 4) is 17.1 Å². The van der Waals surface area contributed by atoms with Gasteiger partial charge in [-0.3, -0.25) is 4.79 Å². The van der Waals surface area contributed by atoms with Gasteiger partial charge in [0.1, 0.15) is 17.4 Å². The lowest BCUT2D eigenvalue weighted by atomic mass is 10.2. The summed E-state index contributed by atoms with van der Waals surface area (Å²) < 4.78 is 13.1. The fourth-order valence-electron chi connectivity index (χ4n) is 1.87. The van der Waals surface area contributed by atoms with Crippen molar-refractivity contribution in [2.45, 2.75) is 0 Å². The van der Waals surface area contributed by atoms with Gasteiger partial charge in [0.05, 0.1) is 10.9 Å². The Morgan fingerprint density at radius 3 is 2.58 bits per heavy atom. The van der Waals surface area contributed by atoms with E-state index in [1.165, 1.54) is 24.3 Å². The van der Waals surface area contributed by atoms with Crippen molar-refractivity contribution in [3.05, 3.63) is 58.6 Å². The number of aromatic hydroxyl groups is 1. The molecule has 3 rings (SSSR count). The number of nitrogens with zero attached hydrogens (tertiary/aromatic N) is 1. The minimum absolute atomic E-state index is 0.133. The molecule has 1 heterocycles. The Bertz CT molecular complexity index is 810. The molecular weight excluding hydrogens is 247 g/mol. The predicted octanol–water partition coefficient (Wildman–Crippen LogP) is 2.43. The number of aromatic nitrogens is 2. The van der Waals surface area contributed by atoms with Gasteiger partial charge >= 0.3 is 0 Å². The summed E-state index contributed by atoms with van der Waals surface area (Å²) in [5, 5.41) is 9.44. The second-order valence-electron chi connectivity index (χ2n) is 4.12. The summed E-state index contributed by atoms with van der Waals surface area (Å²) in [4.78, 5) is 18.8. The summed E-state index contributed by atoms with van der Waals surface area (Å²) in [5.74, 6) is 0.0373. The molecule has 0 saturated heterocycles. The Kier molecular flexibility index (Phi) is 2.52. The van der Waals surface area contributed by atoms with Gasteiger partial charge < -0.3 is 10.1 Å². The highest BCUT2D eigenvalue weighted by molar-refractivity contribution is 5.79. The van der Waals surface area contributed by atoms with Gasteiger partial charge in [-0.05, 0) is 42.5 Å². The Hall–Kier alpha value is -2.69. The molecule has 0 atom stereocenters. The summed E-state index contributed by atoms with van der Waals surface area (Å²) in [5.41, 5.74) is 0.696. The summed E-state index contributed by atoms with van der Waals surface area (Å²) in [6, 6.07) is 10.2. The number of nitrogens with one attached hydrogen (secondary N) is 1. The second kappa shape index (κ2) is 4.20. The van der Waals surface area contributed by atoms with Gasteiger partial charge in [0.15, 0.2) is 0 Å². The van der Waals surface area contributed by atoms with Crippen molar-refractivity contribution in [1.29, 1.82) is 0 Å². The van der Waals surface area contributed by atoms with Gasteiger partial charge in [0.2, 0.25) is 0 Å². The third-order valence-corrected chi connectivity index (χ3v) is 2.81. The first kappa shape index (κ1) is 11.4. The van der Waals surface area contributed by atoms with E-state index in [1.54, 1.807) is 12.1 Å². The largest absolute Gasteiger partial charge is 0.508 e.